The lowest BCUT2D eigenvalue weighted by atomic mass is 10.0. The highest BCUT2D eigenvalue weighted by Crippen LogP contribution is 2.22. The Hall–Kier alpha value is -2.11. The van der Waals surface area contributed by atoms with Gasteiger partial charge in [0.1, 0.15) is 0 Å². The summed E-state index contributed by atoms with van der Waals surface area (Å²) in [4.78, 5) is 14.8. The lowest BCUT2D eigenvalue weighted by Gasteiger charge is -2.36. The van der Waals surface area contributed by atoms with E-state index < -0.39 is 0 Å². The molecule has 1 heterocycles. The third kappa shape index (κ3) is 4.50. The van der Waals surface area contributed by atoms with Crippen molar-refractivity contribution < 1.29 is 9.53 Å². The smallest absolute Gasteiger partial charge is 0.319 e. The van der Waals surface area contributed by atoms with E-state index in [0.717, 1.165) is 42.8 Å². The normalized spacial score (nSPS) is 16.8. The van der Waals surface area contributed by atoms with Crippen LogP contribution >= 0.6 is 0 Å². The van der Waals surface area contributed by atoms with Gasteiger partial charge >= 0.3 is 6.03 Å². The van der Waals surface area contributed by atoms with Gasteiger partial charge in [-0.1, -0.05) is 50.2 Å². The number of carbonyl (C=O) groups is 1. The molecule has 1 saturated heterocycles. The summed E-state index contributed by atoms with van der Waals surface area (Å²) < 4.78 is 5.43. The zero-order valence-corrected chi connectivity index (χ0v) is 15.0. The third-order valence-electron chi connectivity index (χ3n) is 4.79. The minimum absolute atomic E-state index is 0.157. The predicted molar refractivity (Wildman–Crippen MR) is 102 cm³/mol. The molecule has 3 rings (SSSR count). The van der Waals surface area contributed by atoms with Crippen molar-refractivity contribution in [1.82, 2.24) is 10.2 Å². The van der Waals surface area contributed by atoms with E-state index in [1.54, 1.807) is 0 Å². The van der Waals surface area contributed by atoms with Crippen molar-refractivity contribution in [3.05, 3.63) is 42.5 Å². The van der Waals surface area contributed by atoms with Crippen LogP contribution in [0.15, 0.2) is 42.5 Å². The number of fused-ring (bicyclic) bond motifs is 1. The first-order chi connectivity index (χ1) is 12.1. The summed E-state index contributed by atoms with van der Waals surface area (Å²) in [5, 5.41) is 8.20. The van der Waals surface area contributed by atoms with Gasteiger partial charge in [0.05, 0.1) is 18.9 Å². The summed E-state index contributed by atoms with van der Waals surface area (Å²) >= 11 is 0. The Kier molecular flexibility index (Phi) is 5.89. The lowest BCUT2D eigenvalue weighted by Crippen LogP contribution is -2.51. The summed E-state index contributed by atoms with van der Waals surface area (Å²) in [7, 11) is 0. The van der Waals surface area contributed by atoms with E-state index in [-0.39, 0.29) is 6.03 Å². The molecule has 1 aliphatic heterocycles. The zero-order chi connectivity index (χ0) is 17.6. The molecule has 5 heteroatoms. The largest absolute Gasteiger partial charge is 0.379 e. The standard InChI is InChI=1S/C20H27N3O2/c1-15(2)19(23-10-12-25-13-11-23)14-21-20(24)22-18-9-5-7-16-6-3-4-8-17(16)18/h3-9,15,19H,10-14H2,1-2H3,(H2,21,22,24). The summed E-state index contributed by atoms with van der Waals surface area (Å²) in [6, 6.07) is 14.2. The molecule has 1 fully saturated rings. The molecule has 0 spiro atoms. The van der Waals surface area contributed by atoms with Crippen molar-refractivity contribution in [3.8, 4) is 0 Å². The van der Waals surface area contributed by atoms with E-state index in [4.69, 9.17) is 4.74 Å². The molecule has 0 aromatic heterocycles. The maximum absolute atomic E-state index is 12.4. The Morgan fingerprint density at radius 2 is 1.84 bits per heavy atom. The predicted octanol–water partition coefficient (Wildman–Crippen LogP) is 3.32. The molecule has 1 atom stereocenters. The van der Waals surface area contributed by atoms with Gasteiger partial charge in [0.15, 0.2) is 0 Å². The van der Waals surface area contributed by atoms with Gasteiger partial charge in [0, 0.05) is 31.1 Å². The second kappa shape index (κ2) is 8.32. The summed E-state index contributed by atoms with van der Waals surface area (Å²) in [6.07, 6.45) is 0. The van der Waals surface area contributed by atoms with Gasteiger partial charge in [-0.15, -0.1) is 0 Å². The number of anilines is 1. The number of nitrogens with one attached hydrogen (secondary N) is 2. The van der Waals surface area contributed by atoms with Gasteiger partial charge in [-0.2, -0.15) is 0 Å². The van der Waals surface area contributed by atoms with Crippen LogP contribution < -0.4 is 10.6 Å². The molecule has 1 unspecified atom stereocenters. The number of urea groups is 1. The van der Waals surface area contributed by atoms with Crippen LogP contribution in [0.4, 0.5) is 10.5 Å². The van der Waals surface area contributed by atoms with E-state index in [2.05, 4.69) is 29.4 Å². The number of rotatable bonds is 5. The Bertz CT molecular complexity index is 706. The van der Waals surface area contributed by atoms with E-state index in [0.29, 0.717) is 18.5 Å². The second-order valence-corrected chi connectivity index (χ2v) is 6.82. The monoisotopic (exact) mass is 341 g/mol. The molecule has 134 valence electrons. The maximum Gasteiger partial charge on any atom is 0.319 e. The van der Waals surface area contributed by atoms with Crippen molar-refractivity contribution in [2.45, 2.75) is 19.9 Å². The molecule has 2 amide bonds. The second-order valence-electron chi connectivity index (χ2n) is 6.82. The number of benzene rings is 2. The summed E-state index contributed by atoms with van der Waals surface area (Å²) in [6.45, 7) is 8.42. The van der Waals surface area contributed by atoms with Crippen molar-refractivity contribution in [1.29, 1.82) is 0 Å². The van der Waals surface area contributed by atoms with Gasteiger partial charge in [-0.05, 0) is 17.4 Å². The van der Waals surface area contributed by atoms with Crippen molar-refractivity contribution in [3.63, 3.8) is 0 Å². The van der Waals surface area contributed by atoms with Crippen LogP contribution in [0, 0.1) is 5.92 Å². The molecular formula is C20H27N3O2. The first-order valence-corrected chi connectivity index (χ1v) is 8.99. The molecule has 0 saturated carbocycles. The van der Waals surface area contributed by atoms with Crippen LogP contribution in [-0.4, -0.2) is 49.8 Å². The average Bonchev–Trinajstić information content (AvgIpc) is 2.63. The molecule has 1 aliphatic rings. The number of hydrogen-bond acceptors (Lipinski definition) is 3. The van der Waals surface area contributed by atoms with Crippen LogP contribution in [0.25, 0.3) is 10.8 Å². The average molecular weight is 341 g/mol. The quantitative estimate of drug-likeness (QED) is 0.877. The number of carbonyl (C=O) groups excluding carboxylic acids is 1. The molecule has 2 aromatic rings. The molecular weight excluding hydrogens is 314 g/mol. The van der Waals surface area contributed by atoms with Crippen molar-refractivity contribution >= 4 is 22.5 Å². The van der Waals surface area contributed by atoms with Crippen LogP contribution in [0.2, 0.25) is 0 Å². The minimum Gasteiger partial charge on any atom is -0.379 e. The van der Waals surface area contributed by atoms with E-state index in [9.17, 15) is 4.79 Å². The van der Waals surface area contributed by atoms with Gasteiger partial charge in [-0.3, -0.25) is 4.90 Å². The molecule has 2 aromatic carbocycles. The fourth-order valence-corrected chi connectivity index (χ4v) is 3.39. The van der Waals surface area contributed by atoms with Gasteiger partial charge in [0.25, 0.3) is 0 Å². The maximum atomic E-state index is 12.4. The van der Waals surface area contributed by atoms with Gasteiger partial charge in [0.2, 0.25) is 0 Å². The highest BCUT2D eigenvalue weighted by molar-refractivity contribution is 6.01. The van der Waals surface area contributed by atoms with Crippen molar-refractivity contribution in [2.75, 3.05) is 38.2 Å². The highest BCUT2D eigenvalue weighted by atomic mass is 16.5. The van der Waals surface area contributed by atoms with Crippen LogP contribution in [0.5, 0.6) is 0 Å². The van der Waals surface area contributed by atoms with Gasteiger partial charge in [-0.25, -0.2) is 4.79 Å². The van der Waals surface area contributed by atoms with E-state index in [1.807, 2.05) is 42.5 Å². The van der Waals surface area contributed by atoms with Crippen LogP contribution in [0.1, 0.15) is 13.8 Å². The summed E-state index contributed by atoms with van der Waals surface area (Å²) in [5.41, 5.74) is 0.836. The third-order valence-corrected chi connectivity index (χ3v) is 4.79. The Morgan fingerprint density at radius 1 is 1.12 bits per heavy atom. The van der Waals surface area contributed by atoms with E-state index in [1.165, 1.54) is 0 Å². The molecule has 0 radical (unpaired) electrons. The Morgan fingerprint density at radius 3 is 2.60 bits per heavy atom. The highest BCUT2D eigenvalue weighted by Gasteiger charge is 2.24. The van der Waals surface area contributed by atoms with Crippen LogP contribution in [0.3, 0.4) is 0 Å². The molecule has 2 N–H and O–H groups in total. The fraction of sp³-hybridized carbons (Fsp3) is 0.450. The first kappa shape index (κ1) is 17.7. The number of ether oxygens (including phenoxy) is 1. The number of nitrogens with zero attached hydrogens (tertiary/aromatic N) is 1. The Balaban J connectivity index is 1.61. The zero-order valence-electron chi connectivity index (χ0n) is 15.0. The van der Waals surface area contributed by atoms with Gasteiger partial charge < -0.3 is 15.4 Å². The SMILES string of the molecule is CC(C)C(CNC(=O)Nc1cccc2ccccc12)N1CCOCC1. The Labute approximate surface area is 149 Å². The molecule has 0 bridgehead atoms. The topological polar surface area (TPSA) is 53.6 Å². The summed E-state index contributed by atoms with van der Waals surface area (Å²) in [5.74, 6) is 0.468. The minimum atomic E-state index is -0.157. The van der Waals surface area contributed by atoms with Crippen molar-refractivity contribution in [2.24, 2.45) is 5.92 Å². The number of hydrogen-bond donors (Lipinski definition) is 2. The number of amides is 2. The number of morpholine rings is 1. The fourth-order valence-electron chi connectivity index (χ4n) is 3.39. The van der Waals surface area contributed by atoms with E-state index >= 15 is 0 Å². The lowest BCUT2D eigenvalue weighted by molar-refractivity contribution is 0.00728. The molecule has 0 aliphatic carbocycles. The molecule has 25 heavy (non-hydrogen) atoms. The first-order valence-electron chi connectivity index (χ1n) is 8.99. The molecule has 5 nitrogen and oxygen atoms in total. The van der Waals surface area contributed by atoms with Crippen LogP contribution in [-0.2, 0) is 4.74 Å².